The number of thiophene rings is 1. The number of amides is 2. The lowest BCUT2D eigenvalue weighted by molar-refractivity contribution is -0.118. The monoisotopic (exact) mass is 385 g/mol. The van der Waals surface area contributed by atoms with Crippen molar-refractivity contribution in [2.75, 3.05) is 25.5 Å². The minimum Gasteiger partial charge on any atom is -0.354 e. The van der Waals surface area contributed by atoms with Crippen molar-refractivity contribution in [1.29, 1.82) is 5.26 Å². The van der Waals surface area contributed by atoms with Crippen LogP contribution in [-0.2, 0) is 11.8 Å². The van der Waals surface area contributed by atoms with Gasteiger partial charge in [0, 0.05) is 19.8 Å². The third-order valence-electron chi connectivity index (χ3n) is 4.96. The smallest absolute Gasteiger partial charge is 0.267 e. The molecule has 1 atom stereocenters. The Hall–Kier alpha value is -2.63. The molecule has 2 aromatic rings. The quantitative estimate of drug-likeness (QED) is 0.827. The molecular weight excluding hydrogens is 362 g/mol. The maximum Gasteiger partial charge on any atom is 0.267 e. The molecule has 1 aliphatic heterocycles. The fourth-order valence-electron chi connectivity index (χ4n) is 3.58. The fourth-order valence-corrected chi connectivity index (χ4v) is 4.33. The zero-order valence-corrected chi connectivity index (χ0v) is 16.3. The number of anilines is 1. The Morgan fingerprint density at radius 1 is 1.33 bits per heavy atom. The van der Waals surface area contributed by atoms with Crippen LogP contribution in [-0.4, -0.2) is 41.4 Å². The van der Waals surface area contributed by atoms with E-state index in [0.29, 0.717) is 16.3 Å². The van der Waals surface area contributed by atoms with Crippen LogP contribution in [0.1, 0.15) is 47.1 Å². The van der Waals surface area contributed by atoms with E-state index in [9.17, 15) is 9.59 Å². The first kappa shape index (κ1) is 19.1. The zero-order chi connectivity index (χ0) is 19.4. The number of carbonyl (C=O) groups is 2. The number of nitrogens with one attached hydrogen (secondary N) is 2. The van der Waals surface area contributed by atoms with Crippen LogP contribution < -0.4 is 10.6 Å². The minimum atomic E-state index is -0.124. The second-order valence-electron chi connectivity index (χ2n) is 6.59. The van der Waals surface area contributed by atoms with E-state index in [0.717, 1.165) is 31.5 Å². The molecule has 1 saturated heterocycles. The van der Waals surface area contributed by atoms with E-state index in [1.165, 1.54) is 11.3 Å². The van der Waals surface area contributed by atoms with Gasteiger partial charge >= 0.3 is 0 Å². The standard InChI is InChI=1S/C19H23N5O2S/c1-21-18(26)16-7-6-14(23(16)2)15-5-3-4-9-24(15)12-17(25)22-19-13(11-20)8-10-27-19/h6-8,10,15H,3-5,9,12H2,1-2H3,(H,21,26)(H,22,25)/t15-/m1/s1. The van der Waals surface area contributed by atoms with Crippen molar-refractivity contribution in [3.63, 3.8) is 0 Å². The van der Waals surface area contributed by atoms with Crippen LogP contribution in [0.3, 0.4) is 0 Å². The molecule has 2 aromatic heterocycles. The molecule has 0 unspecified atom stereocenters. The number of nitriles is 1. The molecule has 3 heterocycles. The number of rotatable bonds is 5. The molecule has 1 aliphatic rings. The number of piperidine rings is 1. The van der Waals surface area contributed by atoms with Gasteiger partial charge in [-0.05, 0) is 43.0 Å². The van der Waals surface area contributed by atoms with Crippen molar-refractivity contribution in [3.05, 3.63) is 40.5 Å². The Balaban J connectivity index is 1.74. The van der Waals surface area contributed by atoms with E-state index in [1.54, 1.807) is 18.5 Å². The normalized spacial score (nSPS) is 17.3. The maximum absolute atomic E-state index is 12.5. The molecule has 1 fully saturated rings. The average molecular weight is 385 g/mol. The lowest BCUT2D eigenvalue weighted by Crippen LogP contribution is -2.40. The predicted molar refractivity (Wildman–Crippen MR) is 105 cm³/mol. The summed E-state index contributed by atoms with van der Waals surface area (Å²) in [4.78, 5) is 26.7. The van der Waals surface area contributed by atoms with Crippen molar-refractivity contribution in [1.82, 2.24) is 14.8 Å². The zero-order valence-electron chi connectivity index (χ0n) is 15.5. The Morgan fingerprint density at radius 2 is 2.15 bits per heavy atom. The van der Waals surface area contributed by atoms with Crippen molar-refractivity contribution in [2.24, 2.45) is 7.05 Å². The van der Waals surface area contributed by atoms with Crippen LogP contribution >= 0.6 is 11.3 Å². The number of likely N-dealkylation sites (tertiary alicyclic amines) is 1. The average Bonchev–Trinajstić information content (AvgIpc) is 3.27. The summed E-state index contributed by atoms with van der Waals surface area (Å²) in [6.07, 6.45) is 3.08. The Labute approximate surface area is 162 Å². The highest BCUT2D eigenvalue weighted by Gasteiger charge is 2.28. The second kappa shape index (κ2) is 8.37. The molecule has 142 valence electrons. The summed E-state index contributed by atoms with van der Waals surface area (Å²) >= 11 is 1.35. The predicted octanol–water partition coefficient (Wildman–Crippen LogP) is 2.48. The molecule has 27 heavy (non-hydrogen) atoms. The lowest BCUT2D eigenvalue weighted by atomic mass is 9.99. The summed E-state index contributed by atoms with van der Waals surface area (Å²) in [5.41, 5.74) is 2.14. The maximum atomic E-state index is 12.5. The van der Waals surface area contributed by atoms with Gasteiger partial charge < -0.3 is 15.2 Å². The van der Waals surface area contributed by atoms with Crippen LogP contribution in [0, 0.1) is 11.3 Å². The van der Waals surface area contributed by atoms with Crippen LogP contribution in [0.5, 0.6) is 0 Å². The van der Waals surface area contributed by atoms with Crippen LogP contribution in [0.15, 0.2) is 23.6 Å². The fraction of sp³-hybridized carbons (Fsp3) is 0.421. The number of hydrogen-bond acceptors (Lipinski definition) is 5. The third kappa shape index (κ3) is 4.04. The van der Waals surface area contributed by atoms with Crippen LogP contribution in [0.25, 0.3) is 0 Å². The van der Waals surface area contributed by atoms with Gasteiger partial charge in [-0.2, -0.15) is 5.26 Å². The SMILES string of the molecule is CNC(=O)c1ccc([C@H]2CCCCN2CC(=O)Nc2sccc2C#N)n1C. The number of carbonyl (C=O) groups excluding carboxylic acids is 2. The second-order valence-corrected chi connectivity index (χ2v) is 7.50. The number of nitrogens with zero attached hydrogens (tertiary/aromatic N) is 3. The Morgan fingerprint density at radius 3 is 2.89 bits per heavy atom. The summed E-state index contributed by atoms with van der Waals surface area (Å²) in [6, 6.07) is 7.67. The first-order valence-electron chi connectivity index (χ1n) is 8.94. The highest BCUT2D eigenvalue weighted by molar-refractivity contribution is 7.14. The summed E-state index contributed by atoms with van der Waals surface area (Å²) in [5.74, 6) is -0.243. The van der Waals surface area contributed by atoms with Gasteiger partial charge in [-0.3, -0.25) is 14.5 Å². The molecule has 3 rings (SSSR count). The summed E-state index contributed by atoms with van der Waals surface area (Å²) in [7, 11) is 3.50. The van der Waals surface area contributed by atoms with E-state index in [1.807, 2.05) is 23.7 Å². The molecule has 0 radical (unpaired) electrons. The molecular formula is C19H23N5O2S. The first-order chi connectivity index (χ1) is 13.0. The van der Waals surface area contributed by atoms with Gasteiger partial charge in [0.25, 0.3) is 5.91 Å². The van der Waals surface area contributed by atoms with Crippen LogP contribution in [0.2, 0.25) is 0 Å². The molecule has 0 saturated carbocycles. The Kier molecular flexibility index (Phi) is 5.94. The van der Waals surface area contributed by atoms with Gasteiger partial charge in [-0.1, -0.05) is 6.42 Å². The molecule has 0 aliphatic carbocycles. The van der Waals surface area contributed by atoms with Crippen molar-refractivity contribution < 1.29 is 9.59 Å². The molecule has 7 nitrogen and oxygen atoms in total. The van der Waals surface area contributed by atoms with Crippen molar-refractivity contribution in [2.45, 2.75) is 25.3 Å². The van der Waals surface area contributed by atoms with E-state index < -0.39 is 0 Å². The van der Waals surface area contributed by atoms with Gasteiger partial charge in [0.1, 0.15) is 16.8 Å². The highest BCUT2D eigenvalue weighted by atomic mass is 32.1. The van der Waals surface area contributed by atoms with E-state index in [2.05, 4.69) is 21.6 Å². The molecule has 8 heteroatoms. The summed E-state index contributed by atoms with van der Waals surface area (Å²) < 4.78 is 1.91. The Bertz CT molecular complexity index is 879. The third-order valence-corrected chi connectivity index (χ3v) is 5.79. The number of hydrogen-bond donors (Lipinski definition) is 2. The van der Waals surface area contributed by atoms with Gasteiger partial charge in [0.2, 0.25) is 5.91 Å². The van der Waals surface area contributed by atoms with Gasteiger partial charge in [-0.15, -0.1) is 11.3 Å². The first-order valence-corrected chi connectivity index (χ1v) is 9.82. The number of aromatic nitrogens is 1. The molecule has 0 spiro atoms. The minimum absolute atomic E-state index is 0.0895. The van der Waals surface area contributed by atoms with Gasteiger partial charge in [0.15, 0.2) is 0 Å². The lowest BCUT2D eigenvalue weighted by Gasteiger charge is -2.35. The van der Waals surface area contributed by atoms with Gasteiger partial charge in [0.05, 0.1) is 18.2 Å². The molecule has 0 bridgehead atoms. The van der Waals surface area contributed by atoms with Crippen LogP contribution in [0.4, 0.5) is 5.00 Å². The summed E-state index contributed by atoms with van der Waals surface area (Å²) in [6.45, 7) is 1.09. The van der Waals surface area contributed by atoms with E-state index in [4.69, 9.17) is 5.26 Å². The van der Waals surface area contributed by atoms with Crippen molar-refractivity contribution >= 4 is 28.2 Å². The van der Waals surface area contributed by atoms with Gasteiger partial charge in [-0.25, -0.2) is 0 Å². The van der Waals surface area contributed by atoms with E-state index in [-0.39, 0.29) is 24.4 Å². The largest absolute Gasteiger partial charge is 0.354 e. The molecule has 0 aromatic carbocycles. The summed E-state index contributed by atoms with van der Waals surface area (Å²) in [5, 5.41) is 17.0. The molecule has 2 N–H and O–H groups in total. The highest BCUT2D eigenvalue weighted by Crippen LogP contribution is 2.32. The topological polar surface area (TPSA) is 90.2 Å². The molecule has 2 amide bonds. The van der Waals surface area contributed by atoms with Crippen molar-refractivity contribution in [3.8, 4) is 6.07 Å². The van der Waals surface area contributed by atoms with E-state index >= 15 is 0 Å².